The summed E-state index contributed by atoms with van der Waals surface area (Å²) >= 11 is 6.17. The molecule has 9 nitrogen and oxygen atoms in total. The first-order chi connectivity index (χ1) is 16.5. The van der Waals surface area contributed by atoms with E-state index in [0.29, 0.717) is 17.2 Å². The lowest BCUT2D eigenvalue weighted by Crippen LogP contribution is -2.46. The average Bonchev–Trinajstić information content (AvgIpc) is 2.83. The molecule has 0 aliphatic carbocycles. The second-order valence-electron chi connectivity index (χ2n) is 7.92. The highest BCUT2D eigenvalue weighted by Gasteiger charge is 2.26. The van der Waals surface area contributed by atoms with Crippen molar-refractivity contribution < 1.29 is 27.5 Å². The molecular formula is C24H32ClN3O6S. The van der Waals surface area contributed by atoms with E-state index in [1.54, 1.807) is 38.3 Å². The lowest BCUT2D eigenvalue weighted by atomic mass is 10.1. The molecule has 2 aromatic rings. The van der Waals surface area contributed by atoms with E-state index in [9.17, 15) is 18.0 Å². The Morgan fingerprint density at radius 3 is 2.40 bits per heavy atom. The quantitative estimate of drug-likeness (QED) is 0.456. The van der Waals surface area contributed by atoms with Crippen molar-refractivity contribution in [2.75, 3.05) is 38.4 Å². The van der Waals surface area contributed by atoms with Crippen LogP contribution >= 0.6 is 11.6 Å². The van der Waals surface area contributed by atoms with Crippen molar-refractivity contribution in [2.24, 2.45) is 0 Å². The van der Waals surface area contributed by atoms with Crippen LogP contribution in [-0.4, -0.2) is 65.2 Å². The average molecular weight is 526 g/mol. The molecule has 0 unspecified atom stereocenters. The number of nitrogens with zero attached hydrogens (tertiary/aromatic N) is 2. The topological polar surface area (TPSA) is 105 Å². The predicted molar refractivity (Wildman–Crippen MR) is 137 cm³/mol. The molecule has 0 aliphatic rings. The van der Waals surface area contributed by atoms with Gasteiger partial charge in [0.15, 0.2) is 0 Å². The molecule has 2 aromatic carbocycles. The van der Waals surface area contributed by atoms with Crippen molar-refractivity contribution in [1.82, 2.24) is 10.2 Å². The van der Waals surface area contributed by atoms with Gasteiger partial charge < -0.3 is 19.7 Å². The van der Waals surface area contributed by atoms with Gasteiger partial charge in [0.1, 0.15) is 17.5 Å². The first kappa shape index (κ1) is 28.3. The summed E-state index contributed by atoms with van der Waals surface area (Å²) in [4.78, 5) is 27.0. The van der Waals surface area contributed by atoms with Gasteiger partial charge in [-0.05, 0) is 49.2 Å². The van der Waals surface area contributed by atoms with Gasteiger partial charge in [-0.25, -0.2) is 8.42 Å². The van der Waals surface area contributed by atoms with Gasteiger partial charge in [0.25, 0.3) is 0 Å². The molecule has 1 atom stereocenters. The maximum absolute atomic E-state index is 13.2. The van der Waals surface area contributed by atoms with Crippen molar-refractivity contribution in [3.05, 3.63) is 53.1 Å². The van der Waals surface area contributed by atoms with Crippen LogP contribution in [-0.2, 0) is 26.2 Å². The van der Waals surface area contributed by atoms with Crippen molar-refractivity contribution in [3.63, 3.8) is 0 Å². The zero-order valence-electron chi connectivity index (χ0n) is 20.6. The van der Waals surface area contributed by atoms with E-state index in [4.69, 9.17) is 21.1 Å². The Bertz CT molecular complexity index is 1140. The number of ether oxygens (including phenoxy) is 2. The maximum Gasteiger partial charge on any atom is 0.242 e. The molecule has 2 rings (SSSR count). The summed E-state index contributed by atoms with van der Waals surface area (Å²) in [5.74, 6) is 0.497. The largest absolute Gasteiger partial charge is 0.497 e. The Morgan fingerprint density at radius 1 is 1.11 bits per heavy atom. The summed E-state index contributed by atoms with van der Waals surface area (Å²) in [6.45, 7) is 1.92. The van der Waals surface area contributed by atoms with E-state index in [-0.39, 0.29) is 42.8 Å². The molecule has 0 radical (unpaired) electrons. The number of anilines is 1. The summed E-state index contributed by atoms with van der Waals surface area (Å²) in [5, 5.41) is 2.85. The first-order valence-corrected chi connectivity index (χ1v) is 13.2. The van der Waals surface area contributed by atoms with E-state index in [2.05, 4.69) is 5.32 Å². The van der Waals surface area contributed by atoms with Gasteiger partial charge in [-0.3, -0.25) is 13.9 Å². The number of hydrogen-bond donors (Lipinski definition) is 1. The number of carbonyl (C=O) groups excluding carboxylic acids is 2. The second kappa shape index (κ2) is 12.6. The number of rotatable bonds is 12. The van der Waals surface area contributed by atoms with Gasteiger partial charge in [0, 0.05) is 26.6 Å². The van der Waals surface area contributed by atoms with E-state index < -0.39 is 16.1 Å². The Balaban J connectivity index is 2.18. The number of nitrogens with one attached hydrogen (secondary N) is 1. The second-order valence-corrected chi connectivity index (χ2v) is 10.2. The first-order valence-electron chi connectivity index (χ1n) is 11.0. The third-order valence-corrected chi connectivity index (χ3v) is 6.97. The number of halogens is 1. The molecule has 0 aromatic heterocycles. The maximum atomic E-state index is 13.2. The monoisotopic (exact) mass is 525 g/mol. The van der Waals surface area contributed by atoms with Crippen LogP contribution in [0.2, 0.25) is 5.02 Å². The zero-order chi connectivity index (χ0) is 26.2. The Hall–Kier alpha value is -2.98. The number of hydrogen-bond acceptors (Lipinski definition) is 6. The smallest absolute Gasteiger partial charge is 0.242 e. The van der Waals surface area contributed by atoms with Crippen molar-refractivity contribution in [2.45, 2.75) is 32.4 Å². The highest BCUT2D eigenvalue weighted by molar-refractivity contribution is 7.92. The SMILES string of the molecule is CNC(=O)[C@@H](C)N(Cc1cccc(OC)c1)C(=O)CCCN(c1ccc(OC)c(Cl)c1)S(C)(=O)=O. The predicted octanol–water partition coefficient (Wildman–Crippen LogP) is 3.07. The number of methoxy groups -OCH3 is 2. The van der Waals surface area contributed by atoms with Crippen LogP contribution in [0, 0.1) is 0 Å². The fourth-order valence-electron chi connectivity index (χ4n) is 3.57. The van der Waals surface area contributed by atoms with Crippen LogP contribution in [0.1, 0.15) is 25.3 Å². The fraction of sp³-hybridized carbons (Fsp3) is 0.417. The van der Waals surface area contributed by atoms with Gasteiger partial charge in [-0.15, -0.1) is 0 Å². The molecule has 0 heterocycles. The minimum absolute atomic E-state index is 0.0429. The Morgan fingerprint density at radius 2 is 1.83 bits per heavy atom. The number of likely N-dealkylation sites (N-methyl/N-ethyl adjacent to an activating group) is 1. The summed E-state index contributed by atoms with van der Waals surface area (Å²) in [7, 11) is 0.904. The van der Waals surface area contributed by atoms with Gasteiger partial charge >= 0.3 is 0 Å². The molecule has 0 saturated carbocycles. The zero-order valence-corrected chi connectivity index (χ0v) is 22.1. The third kappa shape index (κ3) is 7.76. The number of benzene rings is 2. The molecule has 0 fully saturated rings. The van der Waals surface area contributed by atoms with Crippen LogP contribution in [0.3, 0.4) is 0 Å². The van der Waals surface area contributed by atoms with E-state index >= 15 is 0 Å². The molecule has 35 heavy (non-hydrogen) atoms. The molecule has 0 spiro atoms. The minimum atomic E-state index is -3.63. The molecule has 0 aliphatic heterocycles. The Kier molecular flexibility index (Phi) is 10.2. The van der Waals surface area contributed by atoms with Gasteiger partial charge in [-0.1, -0.05) is 23.7 Å². The normalized spacial score (nSPS) is 11.9. The van der Waals surface area contributed by atoms with Crippen molar-refractivity contribution in [1.29, 1.82) is 0 Å². The van der Waals surface area contributed by atoms with E-state index in [1.165, 1.54) is 29.4 Å². The van der Waals surface area contributed by atoms with E-state index in [1.807, 2.05) is 12.1 Å². The van der Waals surface area contributed by atoms with Gasteiger partial charge in [0.2, 0.25) is 21.8 Å². The molecule has 0 bridgehead atoms. The fourth-order valence-corrected chi connectivity index (χ4v) is 4.78. The van der Waals surface area contributed by atoms with Crippen molar-refractivity contribution in [3.8, 4) is 11.5 Å². The van der Waals surface area contributed by atoms with Crippen LogP contribution in [0.4, 0.5) is 5.69 Å². The van der Waals surface area contributed by atoms with Crippen LogP contribution < -0.4 is 19.1 Å². The molecule has 0 saturated heterocycles. The number of carbonyl (C=O) groups is 2. The molecule has 2 amide bonds. The molecule has 1 N–H and O–H groups in total. The number of amides is 2. The standard InChI is InChI=1S/C24H32ClN3O6S/c1-17(24(30)26-2)27(16-18-8-6-9-20(14-18)33-3)23(29)10-7-13-28(35(5,31)32)19-11-12-22(34-4)21(25)15-19/h6,8-9,11-12,14-15,17H,7,10,13,16H2,1-5H3,(H,26,30)/t17-/m1/s1. The summed E-state index contributed by atoms with van der Waals surface area (Å²) in [6, 6.07) is 11.2. The molecular weight excluding hydrogens is 494 g/mol. The Labute approximate surface area is 212 Å². The lowest BCUT2D eigenvalue weighted by Gasteiger charge is -2.29. The van der Waals surface area contributed by atoms with Crippen LogP contribution in [0.15, 0.2) is 42.5 Å². The number of sulfonamides is 1. The molecule has 11 heteroatoms. The summed E-state index contributed by atoms with van der Waals surface area (Å²) in [6.07, 6.45) is 1.38. The highest BCUT2D eigenvalue weighted by Crippen LogP contribution is 2.30. The third-order valence-electron chi connectivity index (χ3n) is 5.48. The van der Waals surface area contributed by atoms with Crippen molar-refractivity contribution >= 4 is 39.1 Å². The summed E-state index contributed by atoms with van der Waals surface area (Å²) < 4.78 is 36.4. The van der Waals surface area contributed by atoms with Gasteiger partial charge in [0.05, 0.1) is 31.2 Å². The highest BCUT2D eigenvalue weighted by atomic mass is 35.5. The minimum Gasteiger partial charge on any atom is -0.497 e. The van der Waals surface area contributed by atoms with Crippen LogP contribution in [0.25, 0.3) is 0 Å². The van der Waals surface area contributed by atoms with Crippen LogP contribution in [0.5, 0.6) is 11.5 Å². The van der Waals surface area contributed by atoms with E-state index in [0.717, 1.165) is 11.8 Å². The van der Waals surface area contributed by atoms with Gasteiger partial charge in [-0.2, -0.15) is 0 Å². The lowest BCUT2D eigenvalue weighted by molar-refractivity contribution is -0.140. The molecule has 192 valence electrons. The summed E-state index contributed by atoms with van der Waals surface area (Å²) in [5.41, 5.74) is 1.18.